The number of nitriles is 1. The van der Waals surface area contributed by atoms with Crippen LogP contribution in [0.25, 0.3) is 0 Å². The lowest BCUT2D eigenvalue weighted by molar-refractivity contribution is 0.103. The summed E-state index contributed by atoms with van der Waals surface area (Å²) < 4.78 is 0. The smallest absolute Gasteiger partial charge is 0.269 e. The minimum Gasteiger partial charge on any atom is -0.382 e. The van der Waals surface area contributed by atoms with Gasteiger partial charge in [-0.15, -0.1) is 0 Å². The fourth-order valence-electron chi connectivity index (χ4n) is 1.46. The summed E-state index contributed by atoms with van der Waals surface area (Å²) in [7, 11) is 1.70. The van der Waals surface area contributed by atoms with Gasteiger partial charge in [0.25, 0.3) is 5.91 Å². The van der Waals surface area contributed by atoms with E-state index in [4.69, 9.17) is 11.0 Å². The molecule has 0 atom stereocenters. The Hall–Kier alpha value is -2.59. The Morgan fingerprint density at radius 3 is 2.95 bits per heavy atom. The summed E-state index contributed by atoms with van der Waals surface area (Å²) in [6, 6.07) is 8.66. The summed E-state index contributed by atoms with van der Waals surface area (Å²) in [5.41, 5.74) is 6.70. The van der Waals surface area contributed by atoms with Crippen molar-refractivity contribution in [3.8, 4) is 6.07 Å². The number of amides is 1. The first-order valence-corrected chi connectivity index (χ1v) is 6.21. The maximum atomic E-state index is 12.0. The summed E-state index contributed by atoms with van der Waals surface area (Å²) in [6.07, 6.45) is 0. The zero-order chi connectivity index (χ0) is 13.8. The first-order chi connectivity index (χ1) is 9.13. The average Bonchev–Trinajstić information content (AvgIpc) is 2.80. The van der Waals surface area contributed by atoms with E-state index in [1.54, 1.807) is 31.3 Å². The standard InChI is InChI=1S/C12H11N5OS/c1-15-12-17-10(14)9(19-12)11(18)16-8-4-2-3-7(5-8)6-13/h2-5H,14H2,1H3,(H,15,17)(H,16,18). The molecule has 7 heteroatoms. The minimum absolute atomic E-state index is 0.184. The molecular formula is C12H11N5OS. The number of benzene rings is 1. The van der Waals surface area contributed by atoms with Crippen LogP contribution in [0.3, 0.4) is 0 Å². The van der Waals surface area contributed by atoms with Gasteiger partial charge in [-0.2, -0.15) is 5.26 Å². The third kappa shape index (κ3) is 2.81. The molecule has 0 aliphatic rings. The molecule has 0 aliphatic heterocycles. The van der Waals surface area contributed by atoms with Crippen molar-refractivity contribution in [1.29, 1.82) is 5.26 Å². The van der Waals surface area contributed by atoms with Gasteiger partial charge in [-0.3, -0.25) is 4.79 Å². The number of rotatable bonds is 3. The lowest BCUT2D eigenvalue weighted by atomic mass is 10.2. The summed E-state index contributed by atoms with van der Waals surface area (Å²) in [4.78, 5) is 16.4. The summed E-state index contributed by atoms with van der Waals surface area (Å²) in [5.74, 6) is -0.158. The number of carbonyl (C=O) groups is 1. The molecule has 0 radical (unpaired) electrons. The lowest BCUT2D eigenvalue weighted by Crippen LogP contribution is -2.12. The van der Waals surface area contributed by atoms with Gasteiger partial charge >= 0.3 is 0 Å². The van der Waals surface area contributed by atoms with Gasteiger partial charge in [-0.05, 0) is 18.2 Å². The zero-order valence-electron chi connectivity index (χ0n) is 10.1. The van der Waals surface area contributed by atoms with Crippen molar-refractivity contribution in [2.75, 3.05) is 23.4 Å². The van der Waals surface area contributed by atoms with Crippen molar-refractivity contribution in [3.63, 3.8) is 0 Å². The second-order valence-corrected chi connectivity index (χ2v) is 4.63. The molecule has 2 aromatic rings. The SMILES string of the molecule is CNc1nc(N)c(C(=O)Nc2cccc(C#N)c2)s1. The second-order valence-electron chi connectivity index (χ2n) is 3.63. The van der Waals surface area contributed by atoms with Crippen molar-refractivity contribution in [1.82, 2.24) is 4.98 Å². The van der Waals surface area contributed by atoms with E-state index < -0.39 is 0 Å². The molecule has 2 rings (SSSR count). The van der Waals surface area contributed by atoms with Gasteiger partial charge in [0, 0.05) is 12.7 Å². The average molecular weight is 273 g/mol. The highest BCUT2D eigenvalue weighted by Crippen LogP contribution is 2.25. The Kier molecular flexibility index (Phi) is 3.63. The third-order valence-corrected chi connectivity index (χ3v) is 3.41. The monoisotopic (exact) mass is 273 g/mol. The molecule has 6 nitrogen and oxygen atoms in total. The van der Waals surface area contributed by atoms with E-state index in [9.17, 15) is 4.79 Å². The number of nitrogens with one attached hydrogen (secondary N) is 2. The number of anilines is 3. The zero-order valence-corrected chi connectivity index (χ0v) is 10.9. The normalized spacial score (nSPS) is 9.68. The predicted octanol–water partition coefficient (Wildman–Crippen LogP) is 1.89. The highest BCUT2D eigenvalue weighted by Gasteiger charge is 2.15. The molecule has 0 spiro atoms. The van der Waals surface area contributed by atoms with Crippen LogP contribution in [0.5, 0.6) is 0 Å². The molecule has 0 bridgehead atoms. The van der Waals surface area contributed by atoms with E-state index in [1.807, 2.05) is 6.07 Å². The van der Waals surface area contributed by atoms with Crippen LogP contribution in [0, 0.1) is 11.3 Å². The summed E-state index contributed by atoms with van der Waals surface area (Å²) in [6.45, 7) is 0. The number of carbonyl (C=O) groups excluding carboxylic acids is 1. The van der Waals surface area contributed by atoms with Gasteiger partial charge in [0.15, 0.2) is 5.13 Å². The molecule has 1 aromatic heterocycles. The number of nitrogens with zero attached hydrogens (tertiary/aromatic N) is 2. The van der Waals surface area contributed by atoms with Gasteiger partial charge in [0.1, 0.15) is 10.7 Å². The summed E-state index contributed by atoms with van der Waals surface area (Å²) >= 11 is 1.17. The van der Waals surface area contributed by atoms with Crippen molar-refractivity contribution < 1.29 is 4.79 Å². The number of thiazole rings is 1. The molecule has 1 amide bonds. The van der Waals surface area contributed by atoms with Crippen molar-refractivity contribution in [2.45, 2.75) is 0 Å². The fraction of sp³-hybridized carbons (Fsp3) is 0.0833. The number of nitrogen functional groups attached to an aromatic ring is 1. The molecule has 4 N–H and O–H groups in total. The number of aromatic nitrogens is 1. The van der Waals surface area contributed by atoms with E-state index in [0.717, 1.165) is 0 Å². The van der Waals surface area contributed by atoms with E-state index in [0.29, 0.717) is 21.3 Å². The van der Waals surface area contributed by atoms with Crippen molar-refractivity contribution >= 4 is 33.9 Å². The van der Waals surface area contributed by atoms with E-state index in [2.05, 4.69) is 15.6 Å². The molecule has 0 aliphatic carbocycles. The highest BCUT2D eigenvalue weighted by molar-refractivity contribution is 7.18. The molecule has 1 aromatic carbocycles. The maximum absolute atomic E-state index is 12.0. The highest BCUT2D eigenvalue weighted by atomic mass is 32.1. The lowest BCUT2D eigenvalue weighted by Gasteiger charge is -2.03. The first-order valence-electron chi connectivity index (χ1n) is 5.39. The van der Waals surface area contributed by atoms with E-state index in [1.165, 1.54) is 11.3 Å². The molecule has 1 heterocycles. The van der Waals surface area contributed by atoms with Gasteiger partial charge in [0.2, 0.25) is 0 Å². The largest absolute Gasteiger partial charge is 0.382 e. The maximum Gasteiger partial charge on any atom is 0.269 e. The van der Waals surface area contributed by atoms with Crippen LogP contribution in [0.15, 0.2) is 24.3 Å². The molecule has 0 fully saturated rings. The molecule has 19 heavy (non-hydrogen) atoms. The van der Waals surface area contributed by atoms with Crippen molar-refractivity contribution in [3.05, 3.63) is 34.7 Å². The van der Waals surface area contributed by atoms with E-state index in [-0.39, 0.29) is 11.7 Å². The first kappa shape index (κ1) is 12.9. The Bertz CT molecular complexity index is 658. The number of nitrogens with two attached hydrogens (primary N) is 1. The molecule has 0 saturated heterocycles. The van der Waals surface area contributed by atoms with Gasteiger partial charge in [0.05, 0.1) is 11.6 Å². The molecular weight excluding hydrogens is 262 g/mol. The Labute approximate surface area is 113 Å². The number of hydrogen-bond donors (Lipinski definition) is 3. The third-order valence-electron chi connectivity index (χ3n) is 2.32. The molecule has 96 valence electrons. The van der Waals surface area contributed by atoms with Crippen LogP contribution in [0.2, 0.25) is 0 Å². The van der Waals surface area contributed by atoms with Crippen LogP contribution < -0.4 is 16.4 Å². The minimum atomic E-state index is -0.341. The fourth-order valence-corrected chi connectivity index (χ4v) is 2.19. The topological polar surface area (TPSA) is 104 Å². The van der Waals surface area contributed by atoms with Crippen LogP contribution in [0.1, 0.15) is 15.2 Å². The van der Waals surface area contributed by atoms with Gasteiger partial charge < -0.3 is 16.4 Å². The number of hydrogen-bond acceptors (Lipinski definition) is 6. The Morgan fingerprint density at radius 1 is 1.53 bits per heavy atom. The van der Waals surface area contributed by atoms with Crippen LogP contribution >= 0.6 is 11.3 Å². The van der Waals surface area contributed by atoms with Crippen LogP contribution in [-0.4, -0.2) is 17.9 Å². The molecule has 0 saturated carbocycles. The quantitative estimate of drug-likeness (QED) is 0.792. The molecule has 0 unspecified atom stereocenters. The summed E-state index contributed by atoms with van der Waals surface area (Å²) in [5, 5.41) is 14.9. The van der Waals surface area contributed by atoms with Gasteiger partial charge in [-0.1, -0.05) is 17.4 Å². The van der Waals surface area contributed by atoms with Crippen LogP contribution in [-0.2, 0) is 0 Å². The van der Waals surface area contributed by atoms with Crippen LogP contribution in [0.4, 0.5) is 16.6 Å². The Morgan fingerprint density at radius 2 is 2.32 bits per heavy atom. The predicted molar refractivity (Wildman–Crippen MR) is 75.2 cm³/mol. The Balaban J connectivity index is 2.20. The van der Waals surface area contributed by atoms with E-state index >= 15 is 0 Å². The van der Waals surface area contributed by atoms with Crippen molar-refractivity contribution in [2.24, 2.45) is 0 Å². The second kappa shape index (κ2) is 5.37. The van der Waals surface area contributed by atoms with Gasteiger partial charge in [-0.25, -0.2) is 4.98 Å².